The SMILES string of the molecule is CCCCC/C=C\C/C=C\C/C=C\C/C=C\C/C=C\CCC(=O)OC[C@H](COP(=O)(O)OC[C@H](N)C(=O)O)OC(=O)CCC[C@H](O)[C@@H](O)/C=C/C=C/C=C\C=C\[C@@H](O)CCCCC. The summed E-state index contributed by atoms with van der Waals surface area (Å²) in [6, 6.07) is -1.59. The smallest absolute Gasteiger partial charge is 0.472 e. The van der Waals surface area contributed by atoms with Crippen LogP contribution in [0.5, 0.6) is 0 Å². The summed E-state index contributed by atoms with van der Waals surface area (Å²) < 4.78 is 32.4. The predicted octanol–water partition coefficient (Wildman–Crippen LogP) is 8.75. The van der Waals surface area contributed by atoms with Crippen molar-refractivity contribution in [3.8, 4) is 0 Å². The van der Waals surface area contributed by atoms with E-state index in [2.05, 4.69) is 60.9 Å². The summed E-state index contributed by atoms with van der Waals surface area (Å²) >= 11 is 0. The zero-order valence-electron chi connectivity index (χ0n) is 37.4. The number of esters is 2. The number of carboxylic acid groups (broad SMARTS) is 1. The van der Waals surface area contributed by atoms with Gasteiger partial charge in [0, 0.05) is 12.8 Å². The van der Waals surface area contributed by atoms with Crippen molar-refractivity contribution in [1.82, 2.24) is 0 Å². The van der Waals surface area contributed by atoms with Crippen molar-refractivity contribution in [3.63, 3.8) is 0 Å². The number of nitrogens with two attached hydrogens (primary N) is 1. The van der Waals surface area contributed by atoms with Crippen LogP contribution in [0.3, 0.4) is 0 Å². The van der Waals surface area contributed by atoms with Crippen LogP contribution < -0.4 is 5.73 Å². The van der Waals surface area contributed by atoms with Gasteiger partial charge >= 0.3 is 25.7 Å². The van der Waals surface area contributed by atoms with E-state index in [-0.39, 0.29) is 25.7 Å². The molecule has 0 aromatic rings. The van der Waals surface area contributed by atoms with E-state index in [1.165, 1.54) is 25.3 Å². The third-order valence-corrected chi connectivity index (χ3v) is 9.82. The lowest BCUT2D eigenvalue weighted by molar-refractivity contribution is -0.161. The third-order valence-electron chi connectivity index (χ3n) is 8.87. The van der Waals surface area contributed by atoms with E-state index in [4.69, 9.17) is 24.8 Å². The molecule has 0 heterocycles. The second-order valence-corrected chi connectivity index (χ2v) is 16.1. The number of aliphatic hydroxyl groups is 3. The Morgan fingerprint density at radius 1 is 0.603 bits per heavy atom. The van der Waals surface area contributed by atoms with Gasteiger partial charge in [-0.25, -0.2) is 4.57 Å². The lowest BCUT2D eigenvalue weighted by Crippen LogP contribution is -2.34. The number of unbranched alkanes of at least 4 members (excludes halogenated alkanes) is 5. The van der Waals surface area contributed by atoms with Crippen LogP contribution in [-0.2, 0) is 37.5 Å². The maximum atomic E-state index is 12.7. The molecule has 7 N–H and O–H groups in total. The molecule has 0 fully saturated rings. The van der Waals surface area contributed by atoms with Crippen molar-refractivity contribution in [2.24, 2.45) is 5.73 Å². The summed E-state index contributed by atoms with van der Waals surface area (Å²) in [5.41, 5.74) is 5.31. The van der Waals surface area contributed by atoms with E-state index < -0.39 is 76.0 Å². The maximum Gasteiger partial charge on any atom is 0.472 e. The van der Waals surface area contributed by atoms with Gasteiger partial charge in [-0.3, -0.25) is 23.4 Å². The van der Waals surface area contributed by atoms with Gasteiger partial charge in [-0.2, -0.15) is 0 Å². The molecule has 0 spiro atoms. The second kappa shape index (κ2) is 40.8. The van der Waals surface area contributed by atoms with Crippen LogP contribution in [-0.4, -0.2) is 93.5 Å². The van der Waals surface area contributed by atoms with Gasteiger partial charge in [-0.15, -0.1) is 0 Å². The standard InChI is InChI=1S/C48H76NO13P/c1-3-5-7-8-9-10-11-12-13-14-15-16-17-18-19-20-21-26-30-36-46(53)59-38-42(39-60-63(57,58)61-40-43(49)48(55)56)62-47(54)37-31-35-45(52)44(51)34-29-25-23-22-24-28-33-41(50)32-27-6-4-2/h9-10,12-13,15-16,18-19,21-26,28-29,33-34,41-45,50-52H,3-8,11,14,17,20,27,30-32,35-40,49H2,1-2H3,(H,55,56)(H,57,58)/b10-9-,13-12-,16-15-,19-18-,24-22-,25-23+,26-21-,33-28+,34-29+/t41-,42+,43-,44-,45-/m0/s1. The number of carbonyl (C=O) groups excluding carboxylic acids is 2. The highest BCUT2D eigenvalue weighted by Gasteiger charge is 2.28. The molecule has 0 aromatic carbocycles. The molecule has 1 unspecified atom stereocenters. The maximum absolute atomic E-state index is 12.7. The van der Waals surface area contributed by atoms with Gasteiger partial charge in [-0.1, -0.05) is 155 Å². The lowest BCUT2D eigenvalue weighted by atomic mass is 10.1. The van der Waals surface area contributed by atoms with E-state index in [0.29, 0.717) is 12.8 Å². The van der Waals surface area contributed by atoms with Crippen molar-refractivity contribution in [2.75, 3.05) is 19.8 Å². The summed E-state index contributed by atoms with van der Waals surface area (Å²) in [7, 11) is -4.84. The Morgan fingerprint density at radius 2 is 1.13 bits per heavy atom. The molecule has 0 saturated heterocycles. The summed E-state index contributed by atoms with van der Waals surface area (Å²) in [6.45, 7) is 2.22. The molecular formula is C48H76NO13P. The minimum atomic E-state index is -4.84. The van der Waals surface area contributed by atoms with Crippen LogP contribution >= 0.6 is 7.82 Å². The van der Waals surface area contributed by atoms with Gasteiger partial charge < -0.3 is 40.5 Å². The Morgan fingerprint density at radius 3 is 1.71 bits per heavy atom. The molecule has 0 aliphatic heterocycles. The minimum absolute atomic E-state index is 0.0179. The highest BCUT2D eigenvalue weighted by molar-refractivity contribution is 7.47. The first kappa shape index (κ1) is 59.0. The Bertz CT molecular complexity index is 1530. The van der Waals surface area contributed by atoms with E-state index >= 15 is 0 Å². The van der Waals surface area contributed by atoms with E-state index in [1.807, 2.05) is 18.2 Å². The fraction of sp³-hybridized carbons (Fsp3) is 0.562. The summed E-state index contributed by atoms with van der Waals surface area (Å²) in [5, 5.41) is 39.4. The Balaban J connectivity index is 4.82. The fourth-order valence-electron chi connectivity index (χ4n) is 5.19. The van der Waals surface area contributed by atoms with Crippen molar-refractivity contribution in [2.45, 2.75) is 153 Å². The number of aliphatic carboxylic acids is 1. The topological polar surface area (TPSA) is 232 Å². The highest BCUT2D eigenvalue weighted by Crippen LogP contribution is 2.43. The molecule has 0 bridgehead atoms. The molecule has 0 radical (unpaired) electrons. The van der Waals surface area contributed by atoms with Crippen LogP contribution in [0.2, 0.25) is 0 Å². The first-order valence-electron chi connectivity index (χ1n) is 22.2. The number of hydrogen-bond acceptors (Lipinski definition) is 12. The van der Waals surface area contributed by atoms with Crippen LogP contribution in [0.4, 0.5) is 0 Å². The van der Waals surface area contributed by atoms with E-state index in [0.717, 1.165) is 51.4 Å². The number of ether oxygens (including phenoxy) is 2. The van der Waals surface area contributed by atoms with Crippen molar-refractivity contribution in [1.29, 1.82) is 0 Å². The van der Waals surface area contributed by atoms with E-state index in [1.54, 1.807) is 42.5 Å². The number of hydrogen-bond donors (Lipinski definition) is 6. The molecule has 63 heavy (non-hydrogen) atoms. The first-order chi connectivity index (χ1) is 30.3. The summed E-state index contributed by atoms with van der Waals surface area (Å²) in [4.78, 5) is 46.0. The van der Waals surface area contributed by atoms with Gasteiger partial charge in [-0.05, 0) is 64.2 Å². The van der Waals surface area contributed by atoms with Crippen molar-refractivity contribution >= 4 is 25.7 Å². The van der Waals surface area contributed by atoms with Gasteiger partial charge in [0.1, 0.15) is 12.6 Å². The number of carbonyl (C=O) groups is 3. The zero-order valence-corrected chi connectivity index (χ0v) is 38.3. The molecule has 356 valence electrons. The second-order valence-electron chi connectivity index (χ2n) is 14.7. The molecule has 0 aromatic heterocycles. The normalized spacial score (nSPS) is 16.2. The average Bonchev–Trinajstić information content (AvgIpc) is 3.25. The zero-order chi connectivity index (χ0) is 46.8. The molecular weight excluding hydrogens is 829 g/mol. The molecule has 0 aliphatic rings. The van der Waals surface area contributed by atoms with Crippen LogP contribution in [0.15, 0.2) is 109 Å². The molecule has 6 atom stereocenters. The Labute approximate surface area is 375 Å². The number of phosphoric ester groups is 1. The highest BCUT2D eigenvalue weighted by atomic mass is 31.2. The van der Waals surface area contributed by atoms with Gasteiger partial charge in [0.15, 0.2) is 6.10 Å². The van der Waals surface area contributed by atoms with Crippen molar-refractivity contribution in [3.05, 3.63) is 109 Å². The number of aliphatic hydroxyl groups excluding tert-OH is 3. The fourth-order valence-corrected chi connectivity index (χ4v) is 5.97. The van der Waals surface area contributed by atoms with Gasteiger partial charge in [0.25, 0.3) is 0 Å². The Hall–Kier alpha value is -3.98. The van der Waals surface area contributed by atoms with Crippen LogP contribution in [0.1, 0.15) is 123 Å². The van der Waals surface area contributed by atoms with Crippen LogP contribution in [0.25, 0.3) is 0 Å². The molecule has 0 amide bonds. The minimum Gasteiger partial charge on any atom is -0.480 e. The first-order valence-corrected chi connectivity index (χ1v) is 23.7. The monoisotopic (exact) mass is 906 g/mol. The average molecular weight is 906 g/mol. The summed E-state index contributed by atoms with van der Waals surface area (Å²) in [6.07, 6.45) is 42.5. The van der Waals surface area contributed by atoms with Gasteiger partial charge in [0.05, 0.1) is 31.5 Å². The van der Waals surface area contributed by atoms with Crippen LogP contribution in [0, 0.1) is 0 Å². The number of allylic oxidation sites excluding steroid dienone is 16. The molecule has 15 heteroatoms. The van der Waals surface area contributed by atoms with E-state index in [9.17, 15) is 39.2 Å². The predicted molar refractivity (Wildman–Crippen MR) is 248 cm³/mol. The number of carboxylic acids is 1. The molecule has 0 saturated carbocycles. The summed E-state index contributed by atoms with van der Waals surface area (Å²) in [5.74, 6) is -2.88. The quantitative estimate of drug-likeness (QED) is 0.0111. The molecule has 0 rings (SSSR count). The third kappa shape index (κ3) is 39.4. The number of phosphoric acid groups is 1. The molecule has 14 nitrogen and oxygen atoms in total. The van der Waals surface area contributed by atoms with Gasteiger partial charge in [0.2, 0.25) is 0 Å². The van der Waals surface area contributed by atoms with Crippen molar-refractivity contribution < 1.29 is 62.8 Å². The Kier molecular flexibility index (Phi) is 38.2. The molecule has 0 aliphatic carbocycles. The number of rotatable bonds is 39. The largest absolute Gasteiger partial charge is 0.480 e. The lowest BCUT2D eigenvalue weighted by Gasteiger charge is -2.20.